The van der Waals surface area contributed by atoms with Crippen molar-refractivity contribution in [2.45, 2.75) is 32.7 Å². The SMILES string of the molecule is Cc1ccc(-c2noc(C(C)N3CCC(C(=O)N4CCOCC4)CC3)n2)cc1F. The second kappa shape index (κ2) is 8.59. The van der Waals surface area contributed by atoms with Crippen molar-refractivity contribution < 1.29 is 18.4 Å². The number of aromatic nitrogens is 2. The highest BCUT2D eigenvalue weighted by Gasteiger charge is 2.32. The van der Waals surface area contributed by atoms with Crippen LogP contribution in [0.1, 0.15) is 37.3 Å². The summed E-state index contributed by atoms with van der Waals surface area (Å²) in [6, 6.07) is 4.88. The minimum Gasteiger partial charge on any atom is -0.378 e. The average molecular weight is 402 g/mol. The summed E-state index contributed by atoms with van der Waals surface area (Å²) in [6.45, 7) is 8.00. The van der Waals surface area contributed by atoms with Crippen LogP contribution in [0.2, 0.25) is 0 Å². The van der Waals surface area contributed by atoms with Crippen molar-refractivity contribution in [2.24, 2.45) is 5.92 Å². The molecular weight excluding hydrogens is 375 g/mol. The van der Waals surface area contributed by atoms with Crippen molar-refractivity contribution in [1.29, 1.82) is 0 Å². The van der Waals surface area contributed by atoms with E-state index in [-0.39, 0.29) is 23.7 Å². The molecule has 1 unspecified atom stereocenters. The van der Waals surface area contributed by atoms with Crippen LogP contribution in [0.4, 0.5) is 4.39 Å². The number of morpholine rings is 1. The molecule has 2 fully saturated rings. The molecule has 4 rings (SSSR count). The maximum Gasteiger partial charge on any atom is 0.244 e. The van der Waals surface area contributed by atoms with Gasteiger partial charge >= 0.3 is 0 Å². The van der Waals surface area contributed by atoms with E-state index in [0.29, 0.717) is 49.1 Å². The summed E-state index contributed by atoms with van der Waals surface area (Å²) in [7, 11) is 0. The maximum absolute atomic E-state index is 13.8. The Morgan fingerprint density at radius 2 is 1.93 bits per heavy atom. The van der Waals surface area contributed by atoms with Crippen LogP contribution in [0.25, 0.3) is 11.4 Å². The quantitative estimate of drug-likeness (QED) is 0.783. The number of benzene rings is 1. The maximum atomic E-state index is 13.8. The number of aryl methyl sites for hydroxylation is 1. The molecule has 0 saturated carbocycles. The third-order valence-corrected chi connectivity index (χ3v) is 5.98. The van der Waals surface area contributed by atoms with E-state index in [0.717, 1.165) is 25.9 Å². The van der Waals surface area contributed by atoms with Gasteiger partial charge in [0, 0.05) is 24.6 Å². The Labute approximate surface area is 169 Å². The molecule has 1 aromatic carbocycles. The number of hydrogen-bond acceptors (Lipinski definition) is 6. The lowest BCUT2D eigenvalue weighted by atomic mass is 9.94. The number of likely N-dealkylation sites (tertiary alicyclic amines) is 1. The topological polar surface area (TPSA) is 71.7 Å². The highest BCUT2D eigenvalue weighted by atomic mass is 19.1. The van der Waals surface area contributed by atoms with Gasteiger partial charge in [-0.25, -0.2) is 4.39 Å². The second-order valence-corrected chi connectivity index (χ2v) is 7.84. The molecule has 1 amide bonds. The molecule has 0 N–H and O–H groups in total. The molecule has 2 aromatic rings. The lowest BCUT2D eigenvalue weighted by Crippen LogP contribution is -2.47. The first-order valence-corrected chi connectivity index (χ1v) is 10.2. The number of rotatable bonds is 4. The Morgan fingerprint density at radius 3 is 2.62 bits per heavy atom. The van der Waals surface area contributed by atoms with Crippen molar-refractivity contribution in [3.63, 3.8) is 0 Å². The van der Waals surface area contributed by atoms with E-state index in [1.165, 1.54) is 6.07 Å². The summed E-state index contributed by atoms with van der Waals surface area (Å²) >= 11 is 0. The number of nitrogens with zero attached hydrogens (tertiary/aromatic N) is 4. The fraction of sp³-hybridized carbons (Fsp3) is 0.571. The van der Waals surface area contributed by atoms with E-state index in [2.05, 4.69) is 15.0 Å². The summed E-state index contributed by atoms with van der Waals surface area (Å²) in [6.07, 6.45) is 1.65. The number of carbonyl (C=O) groups excluding carboxylic acids is 1. The summed E-state index contributed by atoms with van der Waals surface area (Å²) < 4.78 is 24.6. The third kappa shape index (κ3) is 4.33. The van der Waals surface area contributed by atoms with Crippen LogP contribution in [-0.2, 0) is 9.53 Å². The molecule has 29 heavy (non-hydrogen) atoms. The zero-order valence-electron chi connectivity index (χ0n) is 16.9. The van der Waals surface area contributed by atoms with Crippen LogP contribution in [0.5, 0.6) is 0 Å². The van der Waals surface area contributed by atoms with E-state index in [1.54, 1.807) is 19.1 Å². The molecule has 0 spiro atoms. The first-order chi connectivity index (χ1) is 14.0. The molecule has 0 radical (unpaired) electrons. The highest BCUT2D eigenvalue weighted by molar-refractivity contribution is 5.79. The molecule has 2 saturated heterocycles. The molecule has 1 aromatic heterocycles. The summed E-state index contributed by atoms with van der Waals surface area (Å²) in [5, 5.41) is 4.03. The van der Waals surface area contributed by atoms with E-state index in [4.69, 9.17) is 9.26 Å². The van der Waals surface area contributed by atoms with Crippen molar-refractivity contribution >= 4 is 5.91 Å². The predicted molar refractivity (Wildman–Crippen MR) is 105 cm³/mol. The van der Waals surface area contributed by atoms with Crippen LogP contribution >= 0.6 is 0 Å². The zero-order valence-corrected chi connectivity index (χ0v) is 16.9. The first-order valence-electron chi connectivity index (χ1n) is 10.2. The van der Waals surface area contributed by atoms with Gasteiger partial charge in [-0.15, -0.1) is 0 Å². The Bertz CT molecular complexity index is 857. The van der Waals surface area contributed by atoms with Gasteiger partial charge in [0.1, 0.15) is 5.82 Å². The van der Waals surface area contributed by atoms with E-state index >= 15 is 0 Å². The molecule has 8 heteroatoms. The first kappa shape index (κ1) is 20.0. The number of ether oxygens (including phenoxy) is 1. The van der Waals surface area contributed by atoms with E-state index in [1.807, 2.05) is 11.8 Å². The van der Waals surface area contributed by atoms with Gasteiger partial charge in [0.15, 0.2) is 0 Å². The summed E-state index contributed by atoms with van der Waals surface area (Å²) in [5.41, 5.74) is 1.19. The fourth-order valence-electron chi connectivity index (χ4n) is 3.99. The lowest BCUT2D eigenvalue weighted by molar-refractivity contribution is -0.141. The Kier molecular flexibility index (Phi) is 5.91. The number of carbonyl (C=O) groups is 1. The number of halogens is 1. The van der Waals surface area contributed by atoms with Crippen molar-refractivity contribution in [3.05, 3.63) is 35.5 Å². The molecular formula is C21H27FN4O3. The van der Waals surface area contributed by atoms with Crippen molar-refractivity contribution in [1.82, 2.24) is 19.9 Å². The predicted octanol–water partition coefficient (Wildman–Crippen LogP) is 2.82. The van der Waals surface area contributed by atoms with Gasteiger partial charge in [0.2, 0.25) is 17.6 Å². The third-order valence-electron chi connectivity index (χ3n) is 5.98. The number of piperidine rings is 1. The minimum atomic E-state index is -0.283. The van der Waals surface area contributed by atoms with Gasteiger partial charge in [-0.2, -0.15) is 4.98 Å². The van der Waals surface area contributed by atoms with Gasteiger partial charge in [0.25, 0.3) is 0 Å². The second-order valence-electron chi connectivity index (χ2n) is 7.84. The summed E-state index contributed by atoms with van der Waals surface area (Å²) in [4.78, 5) is 21.4. The van der Waals surface area contributed by atoms with Crippen LogP contribution in [0.3, 0.4) is 0 Å². The van der Waals surface area contributed by atoms with Gasteiger partial charge in [-0.05, 0) is 51.4 Å². The fourth-order valence-corrected chi connectivity index (χ4v) is 3.99. The van der Waals surface area contributed by atoms with Crippen molar-refractivity contribution in [3.8, 4) is 11.4 Å². The standard InChI is InChI=1S/C21H27FN4O3/c1-14-3-4-17(13-18(14)22)19-23-20(29-24-19)15(2)25-7-5-16(6-8-25)21(27)26-9-11-28-12-10-26/h3-4,13,15-16H,5-12H2,1-2H3. The number of amides is 1. The monoisotopic (exact) mass is 402 g/mol. The van der Waals surface area contributed by atoms with Gasteiger partial charge in [-0.3, -0.25) is 9.69 Å². The molecule has 2 aliphatic rings. The average Bonchev–Trinajstić information content (AvgIpc) is 3.25. The Balaban J connectivity index is 1.36. The van der Waals surface area contributed by atoms with E-state index < -0.39 is 0 Å². The van der Waals surface area contributed by atoms with Gasteiger partial charge in [-0.1, -0.05) is 17.3 Å². The van der Waals surface area contributed by atoms with Crippen LogP contribution in [0.15, 0.2) is 22.7 Å². The van der Waals surface area contributed by atoms with E-state index in [9.17, 15) is 9.18 Å². The lowest BCUT2D eigenvalue weighted by Gasteiger charge is -2.37. The molecule has 2 aliphatic heterocycles. The molecule has 0 bridgehead atoms. The molecule has 7 nitrogen and oxygen atoms in total. The summed E-state index contributed by atoms with van der Waals surface area (Å²) in [5.74, 6) is 0.948. The molecule has 0 aliphatic carbocycles. The van der Waals surface area contributed by atoms with Crippen LogP contribution in [0, 0.1) is 18.7 Å². The highest BCUT2D eigenvalue weighted by Crippen LogP contribution is 2.28. The molecule has 1 atom stereocenters. The Hall–Kier alpha value is -2.32. The van der Waals surface area contributed by atoms with Gasteiger partial charge in [0.05, 0.1) is 19.3 Å². The molecule has 156 valence electrons. The largest absolute Gasteiger partial charge is 0.378 e. The zero-order chi connectivity index (χ0) is 20.4. The smallest absolute Gasteiger partial charge is 0.244 e. The molecule has 3 heterocycles. The number of hydrogen-bond donors (Lipinski definition) is 0. The Morgan fingerprint density at radius 1 is 1.21 bits per heavy atom. The van der Waals surface area contributed by atoms with Crippen LogP contribution < -0.4 is 0 Å². The minimum absolute atomic E-state index is 0.0500. The van der Waals surface area contributed by atoms with Crippen LogP contribution in [-0.4, -0.2) is 65.2 Å². The van der Waals surface area contributed by atoms with Gasteiger partial charge < -0.3 is 14.2 Å². The van der Waals surface area contributed by atoms with Crippen molar-refractivity contribution in [2.75, 3.05) is 39.4 Å². The normalized spacial score (nSPS) is 20.0.